The van der Waals surface area contributed by atoms with Crippen LogP contribution in [0.5, 0.6) is 0 Å². The summed E-state index contributed by atoms with van der Waals surface area (Å²) in [7, 11) is 0. The first-order chi connectivity index (χ1) is 9.35. The number of amides is 1. The lowest BCUT2D eigenvalue weighted by molar-refractivity contribution is -0.119. The molecule has 2 aliphatic rings. The van der Waals surface area contributed by atoms with Crippen molar-refractivity contribution in [3.63, 3.8) is 0 Å². The molecule has 2 unspecified atom stereocenters. The summed E-state index contributed by atoms with van der Waals surface area (Å²) >= 11 is 0. The summed E-state index contributed by atoms with van der Waals surface area (Å²) in [6.07, 6.45) is 6.23. The summed E-state index contributed by atoms with van der Waals surface area (Å²) < 4.78 is 0. The number of rotatable bonds is 4. The fourth-order valence-corrected chi connectivity index (χ4v) is 3.98. The molecule has 116 valence electrons. The number of hydrogen-bond acceptors (Lipinski definition) is 3. The van der Waals surface area contributed by atoms with Crippen LogP contribution in [0.1, 0.15) is 52.9 Å². The van der Waals surface area contributed by atoms with Crippen LogP contribution in [-0.2, 0) is 4.79 Å². The summed E-state index contributed by atoms with van der Waals surface area (Å²) in [5.74, 6) is 0.557. The molecule has 2 fully saturated rings. The lowest BCUT2D eigenvalue weighted by Crippen LogP contribution is -2.51. The molecule has 0 bridgehead atoms. The van der Waals surface area contributed by atoms with Gasteiger partial charge in [-0.15, -0.1) is 0 Å². The largest absolute Gasteiger partial charge is 0.369 e. The van der Waals surface area contributed by atoms with Gasteiger partial charge in [0.25, 0.3) is 0 Å². The standard InChI is InChI=1S/C16H31N3O/c1-12-10-16(2,3)7-4-14(12)18-13-5-8-19(9-6-13)11-15(17)20/h12-14,18H,4-11H2,1-3H3,(H2,17,20). The van der Waals surface area contributed by atoms with E-state index in [4.69, 9.17) is 5.73 Å². The van der Waals surface area contributed by atoms with Crippen LogP contribution in [0.25, 0.3) is 0 Å². The van der Waals surface area contributed by atoms with Crippen molar-refractivity contribution in [1.82, 2.24) is 10.2 Å². The lowest BCUT2D eigenvalue weighted by Gasteiger charge is -2.42. The number of likely N-dealkylation sites (tertiary alicyclic amines) is 1. The Kier molecular flexibility index (Phi) is 5.08. The SMILES string of the molecule is CC1CC(C)(C)CCC1NC1CCN(CC(N)=O)CC1. The Morgan fingerprint density at radius 2 is 1.95 bits per heavy atom. The van der Waals surface area contributed by atoms with Gasteiger partial charge in [0.1, 0.15) is 0 Å². The van der Waals surface area contributed by atoms with E-state index in [2.05, 4.69) is 31.0 Å². The fourth-order valence-electron chi connectivity index (χ4n) is 3.98. The van der Waals surface area contributed by atoms with Crippen molar-refractivity contribution in [3.8, 4) is 0 Å². The highest BCUT2D eigenvalue weighted by Gasteiger charge is 2.33. The number of carbonyl (C=O) groups excluding carboxylic acids is 1. The predicted molar refractivity (Wildman–Crippen MR) is 82.4 cm³/mol. The van der Waals surface area contributed by atoms with Crippen LogP contribution in [0.4, 0.5) is 0 Å². The molecular formula is C16H31N3O. The fraction of sp³-hybridized carbons (Fsp3) is 0.938. The Balaban J connectivity index is 1.74. The number of nitrogens with two attached hydrogens (primary N) is 1. The van der Waals surface area contributed by atoms with Gasteiger partial charge < -0.3 is 11.1 Å². The third kappa shape index (κ3) is 4.45. The van der Waals surface area contributed by atoms with Gasteiger partial charge in [0.05, 0.1) is 6.54 Å². The van der Waals surface area contributed by atoms with Crippen molar-refractivity contribution in [2.45, 2.75) is 65.0 Å². The molecule has 1 aliphatic carbocycles. The Hall–Kier alpha value is -0.610. The third-order valence-corrected chi connectivity index (χ3v) is 5.11. The zero-order chi connectivity index (χ0) is 14.8. The van der Waals surface area contributed by atoms with Crippen LogP contribution < -0.4 is 11.1 Å². The lowest BCUT2D eigenvalue weighted by atomic mass is 9.70. The molecule has 1 heterocycles. The molecule has 1 aliphatic heterocycles. The maximum atomic E-state index is 10.9. The normalized spacial score (nSPS) is 32.1. The van der Waals surface area contributed by atoms with E-state index in [-0.39, 0.29) is 5.91 Å². The van der Waals surface area contributed by atoms with E-state index in [0.29, 0.717) is 24.0 Å². The first kappa shape index (κ1) is 15.8. The Labute approximate surface area is 123 Å². The van der Waals surface area contributed by atoms with Gasteiger partial charge in [0.15, 0.2) is 0 Å². The van der Waals surface area contributed by atoms with E-state index in [9.17, 15) is 4.79 Å². The Morgan fingerprint density at radius 1 is 1.30 bits per heavy atom. The molecule has 20 heavy (non-hydrogen) atoms. The first-order valence-electron chi connectivity index (χ1n) is 8.12. The molecule has 1 saturated carbocycles. The number of hydrogen-bond donors (Lipinski definition) is 2. The second kappa shape index (κ2) is 6.44. The van der Waals surface area contributed by atoms with Gasteiger partial charge in [-0.05, 0) is 43.4 Å². The number of nitrogens with one attached hydrogen (secondary N) is 1. The minimum Gasteiger partial charge on any atom is -0.369 e. The molecule has 2 rings (SSSR count). The van der Waals surface area contributed by atoms with Crippen LogP contribution in [0.3, 0.4) is 0 Å². The van der Waals surface area contributed by atoms with Crippen molar-refractivity contribution in [1.29, 1.82) is 0 Å². The average molecular weight is 281 g/mol. The molecule has 2 atom stereocenters. The van der Waals surface area contributed by atoms with Crippen LogP contribution in [0.15, 0.2) is 0 Å². The summed E-state index contributed by atoms with van der Waals surface area (Å²) in [5, 5.41) is 3.88. The summed E-state index contributed by atoms with van der Waals surface area (Å²) in [6, 6.07) is 1.29. The van der Waals surface area contributed by atoms with E-state index >= 15 is 0 Å². The van der Waals surface area contributed by atoms with E-state index in [1.54, 1.807) is 0 Å². The van der Waals surface area contributed by atoms with Gasteiger partial charge in [-0.3, -0.25) is 9.69 Å². The van der Waals surface area contributed by atoms with E-state index in [1.165, 1.54) is 19.3 Å². The van der Waals surface area contributed by atoms with E-state index in [1.807, 2.05) is 0 Å². The molecule has 0 radical (unpaired) electrons. The third-order valence-electron chi connectivity index (χ3n) is 5.11. The number of piperidine rings is 1. The number of nitrogens with zero attached hydrogens (tertiary/aromatic N) is 1. The summed E-state index contributed by atoms with van der Waals surface area (Å²) in [6.45, 7) is 9.58. The van der Waals surface area contributed by atoms with Crippen LogP contribution in [0.2, 0.25) is 0 Å². The van der Waals surface area contributed by atoms with Crippen molar-refractivity contribution < 1.29 is 4.79 Å². The Bertz CT molecular complexity index is 335. The van der Waals surface area contributed by atoms with Gasteiger partial charge in [0, 0.05) is 25.2 Å². The molecule has 0 aromatic rings. The summed E-state index contributed by atoms with van der Waals surface area (Å²) in [4.78, 5) is 13.1. The maximum Gasteiger partial charge on any atom is 0.231 e. The van der Waals surface area contributed by atoms with Crippen LogP contribution in [-0.4, -0.2) is 42.5 Å². The molecule has 3 N–H and O–H groups in total. The highest BCUT2D eigenvalue weighted by molar-refractivity contribution is 5.75. The van der Waals surface area contributed by atoms with Crippen molar-refractivity contribution in [3.05, 3.63) is 0 Å². The second-order valence-corrected chi connectivity index (χ2v) is 7.67. The monoisotopic (exact) mass is 281 g/mol. The Morgan fingerprint density at radius 3 is 2.50 bits per heavy atom. The minimum atomic E-state index is -0.209. The molecule has 4 heteroatoms. The van der Waals surface area contributed by atoms with Crippen molar-refractivity contribution in [2.75, 3.05) is 19.6 Å². The molecule has 0 aromatic carbocycles. The molecule has 0 aromatic heterocycles. The van der Waals surface area contributed by atoms with Gasteiger partial charge in [-0.1, -0.05) is 20.8 Å². The topological polar surface area (TPSA) is 58.4 Å². The predicted octanol–water partition coefficient (Wildman–Crippen LogP) is 1.74. The zero-order valence-electron chi connectivity index (χ0n) is 13.3. The number of carbonyl (C=O) groups is 1. The maximum absolute atomic E-state index is 10.9. The quantitative estimate of drug-likeness (QED) is 0.825. The zero-order valence-corrected chi connectivity index (χ0v) is 13.3. The average Bonchev–Trinajstić information content (AvgIpc) is 2.34. The minimum absolute atomic E-state index is 0.209. The van der Waals surface area contributed by atoms with Crippen molar-refractivity contribution in [2.24, 2.45) is 17.1 Å². The number of primary amides is 1. The highest BCUT2D eigenvalue weighted by Crippen LogP contribution is 2.38. The first-order valence-corrected chi connectivity index (χ1v) is 8.12. The molecule has 1 saturated heterocycles. The van der Waals surface area contributed by atoms with Gasteiger partial charge >= 0.3 is 0 Å². The second-order valence-electron chi connectivity index (χ2n) is 7.67. The van der Waals surface area contributed by atoms with Crippen LogP contribution in [0, 0.1) is 11.3 Å². The molecule has 1 amide bonds. The van der Waals surface area contributed by atoms with Gasteiger partial charge in [-0.2, -0.15) is 0 Å². The molecular weight excluding hydrogens is 250 g/mol. The van der Waals surface area contributed by atoms with E-state index < -0.39 is 0 Å². The van der Waals surface area contributed by atoms with Gasteiger partial charge in [-0.25, -0.2) is 0 Å². The molecule has 0 spiro atoms. The summed E-state index contributed by atoms with van der Waals surface area (Å²) in [5.41, 5.74) is 5.77. The highest BCUT2D eigenvalue weighted by atomic mass is 16.1. The smallest absolute Gasteiger partial charge is 0.231 e. The van der Waals surface area contributed by atoms with Crippen LogP contribution >= 0.6 is 0 Å². The van der Waals surface area contributed by atoms with Gasteiger partial charge in [0.2, 0.25) is 5.91 Å². The molecule has 4 nitrogen and oxygen atoms in total. The van der Waals surface area contributed by atoms with E-state index in [0.717, 1.165) is 31.8 Å². The van der Waals surface area contributed by atoms with Crippen molar-refractivity contribution >= 4 is 5.91 Å².